The van der Waals surface area contributed by atoms with Crippen molar-refractivity contribution in [3.63, 3.8) is 0 Å². The summed E-state index contributed by atoms with van der Waals surface area (Å²) in [5.41, 5.74) is 0.0765. The second-order valence-electron chi connectivity index (χ2n) is 6.02. The summed E-state index contributed by atoms with van der Waals surface area (Å²) in [5.74, 6) is 0.334. The molecule has 146 valence electrons. The van der Waals surface area contributed by atoms with E-state index in [9.17, 15) is 18.0 Å². The largest absolute Gasteiger partial charge is 0.479 e. The lowest BCUT2D eigenvalue weighted by Gasteiger charge is -2.19. The number of pyridine rings is 1. The van der Waals surface area contributed by atoms with Crippen LogP contribution in [0.4, 0.5) is 19.0 Å². The van der Waals surface area contributed by atoms with Gasteiger partial charge in [-0.25, -0.2) is 9.78 Å². The first-order valence-electron chi connectivity index (χ1n) is 8.31. The fourth-order valence-electron chi connectivity index (χ4n) is 2.41. The van der Waals surface area contributed by atoms with E-state index in [1.54, 1.807) is 57.1 Å². The van der Waals surface area contributed by atoms with E-state index in [-0.39, 0.29) is 6.61 Å². The molecule has 0 saturated carbocycles. The zero-order chi connectivity index (χ0) is 20.2. The number of ether oxygens (including phenoxy) is 2. The smallest absolute Gasteiger partial charge is 0.417 e. The highest BCUT2D eigenvalue weighted by Crippen LogP contribution is 2.36. The summed E-state index contributed by atoms with van der Waals surface area (Å²) in [5, 5.41) is 0. The minimum absolute atomic E-state index is 0.251. The number of carbonyl (C=O) groups is 1. The quantitative estimate of drug-likeness (QED) is 0.702. The molecule has 0 spiro atoms. The van der Waals surface area contributed by atoms with Crippen molar-refractivity contribution in [1.82, 2.24) is 4.98 Å². The summed E-state index contributed by atoms with van der Waals surface area (Å²) < 4.78 is 49.5. The van der Waals surface area contributed by atoms with Gasteiger partial charge in [0.25, 0.3) is 0 Å². The fourth-order valence-corrected chi connectivity index (χ4v) is 2.41. The highest BCUT2D eigenvalue weighted by atomic mass is 19.4. The van der Waals surface area contributed by atoms with E-state index in [0.717, 1.165) is 12.3 Å². The maximum absolute atomic E-state index is 13.0. The Bertz CT molecular complexity index is 790. The molecule has 0 aliphatic rings. The summed E-state index contributed by atoms with van der Waals surface area (Å²) in [4.78, 5) is 17.2. The fraction of sp³-hybridized carbons (Fsp3) is 0.368. The van der Waals surface area contributed by atoms with Crippen LogP contribution in [0.2, 0.25) is 0 Å². The Kier molecular flexibility index (Phi) is 6.30. The van der Waals surface area contributed by atoms with E-state index >= 15 is 0 Å². The number of nitrogens with zero attached hydrogens (tertiary/aromatic N) is 2. The van der Waals surface area contributed by atoms with Crippen molar-refractivity contribution in [3.05, 3.63) is 42.1 Å². The van der Waals surface area contributed by atoms with Crippen molar-refractivity contribution in [2.75, 3.05) is 25.6 Å². The monoisotopic (exact) mass is 382 g/mol. The summed E-state index contributed by atoms with van der Waals surface area (Å²) in [7, 11) is 3.41. The summed E-state index contributed by atoms with van der Waals surface area (Å²) in [6.45, 7) is 3.51. The molecule has 27 heavy (non-hydrogen) atoms. The van der Waals surface area contributed by atoms with Crippen molar-refractivity contribution in [3.8, 4) is 16.9 Å². The molecule has 1 heterocycles. The van der Waals surface area contributed by atoms with Gasteiger partial charge in [-0.1, -0.05) is 12.1 Å². The maximum atomic E-state index is 13.0. The molecule has 1 atom stereocenters. The van der Waals surface area contributed by atoms with Crippen LogP contribution in [0.3, 0.4) is 0 Å². The lowest BCUT2D eigenvalue weighted by atomic mass is 10.0. The van der Waals surface area contributed by atoms with Gasteiger partial charge in [0.15, 0.2) is 6.10 Å². The molecule has 0 aliphatic heterocycles. The lowest BCUT2D eigenvalue weighted by Crippen LogP contribution is -2.26. The number of carbonyl (C=O) groups excluding carboxylic acids is 1. The number of esters is 1. The number of benzene rings is 1. The van der Waals surface area contributed by atoms with Crippen LogP contribution in [0.5, 0.6) is 5.75 Å². The topological polar surface area (TPSA) is 51.7 Å². The van der Waals surface area contributed by atoms with Gasteiger partial charge >= 0.3 is 12.1 Å². The third kappa shape index (κ3) is 5.12. The Balaban J connectivity index is 2.31. The highest BCUT2D eigenvalue weighted by Gasteiger charge is 2.32. The van der Waals surface area contributed by atoms with Crippen LogP contribution >= 0.6 is 0 Å². The first-order chi connectivity index (χ1) is 12.6. The molecule has 0 unspecified atom stereocenters. The van der Waals surface area contributed by atoms with Crippen LogP contribution < -0.4 is 9.64 Å². The Hall–Kier alpha value is -2.77. The molecule has 2 rings (SSSR count). The number of hydrogen-bond acceptors (Lipinski definition) is 5. The Morgan fingerprint density at radius 2 is 1.85 bits per heavy atom. The van der Waals surface area contributed by atoms with Crippen molar-refractivity contribution in [1.29, 1.82) is 0 Å². The molecule has 1 aromatic heterocycles. The molecule has 2 aromatic rings. The SMILES string of the molecule is CCOC(=O)[C@@H](C)Oc1ccc(-c2cc(C(F)(F)F)cnc2N(C)C)cc1. The van der Waals surface area contributed by atoms with Gasteiger partial charge in [0.05, 0.1) is 12.2 Å². The van der Waals surface area contributed by atoms with Crippen molar-refractivity contribution in [2.45, 2.75) is 26.1 Å². The Labute approximate surface area is 155 Å². The number of rotatable bonds is 6. The second-order valence-corrected chi connectivity index (χ2v) is 6.02. The van der Waals surface area contributed by atoms with E-state index in [0.29, 0.717) is 22.7 Å². The van der Waals surface area contributed by atoms with Crippen LogP contribution in [0, 0.1) is 0 Å². The minimum atomic E-state index is -4.48. The predicted octanol–water partition coefficient (Wildman–Crippen LogP) is 4.16. The average Bonchev–Trinajstić information content (AvgIpc) is 2.61. The summed E-state index contributed by atoms with van der Waals surface area (Å²) in [6.07, 6.45) is -4.45. The van der Waals surface area contributed by atoms with Gasteiger partial charge in [-0.15, -0.1) is 0 Å². The Morgan fingerprint density at radius 1 is 1.22 bits per heavy atom. The van der Waals surface area contributed by atoms with Crippen LogP contribution in [-0.2, 0) is 15.7 Å². The normalized spacial score (nSPS) is 12.4. The third-order valence-electron chi connectivity index (χ3n) is 3.71. The maximum Gasteiger partial charge on any atom is 0.417 e. The number of aromatic nitrogens is 1. The molecular formula is C19H21F3N2O3. The first-order valence-corrected chi connectivity index (χ1v) is 8.31. The zero-order valence-electron chi connectivity index (χ0n) is 15.5. The summed E-state index contributed by atoms with van der Waals surface area (Å²) in [6, 6.07) is 7.49. The molecule has 8 heteroatoms. The lowest BCUT2D eigenvalue weighted by molar-refractivity contribution is -0.150. The average molecular weight is 382 g/mol. The van der Waals surface area contributed by atoms with Crippen molar-refractivity contribution >= 4 is 11.8 Å². The van der Waals surface area contributed by atoms with Crippen LogP contribution in [-0.4, -0.2) is 37.8 Å². The van der Waals surface area contributed by atoms with E-state index in [1.165, 1.54) is 0 Å². The van der Waals surface area contributed by atoms with Gasteiger partial charge < -0.3 is 14.4 Å². The first kappa shape index (κ1) is 20.5. The van der Waals surface area contributed by atoms with Gasteiger partial charge in [0.1, 0.15) is 11.6 Å². The second kappa shape index (κ2) is 8.28. The zero-order valence-corrected chi connectivity index (χ0v) is 15.5. The number of anilines is 1. The predicted molar refractivity (Wildman–Crippen MR) is 95.7 cm³/mol. The molecule has 0 N–H and O–H groups in total. The van der Waals surface area contributed by atoms with Gasteiger partial charge in [0.2, 0.25) is 0 Å². The summed E-state index contributed by atoms with van der Waals surface area (Å²) >= 11 is 0. The molecule has 0 bridgehead atoms. The van der Waals surface area contributed by atoms with Crippen molar-refractivity contribution < 1.29 is 27.4 Å². The number of hydrogen-bond donors (Lipinski definition) is 0. The van der Waals surface area contributed by atoms with E-state index < -0.39 is 23.8 Å². The van der Waals surface area contributed by atoms with Gasteiger partial charge in [-0.2, -0.15) is 13.2 Å². The number of alkyl halides is 3. The van der Waals surface area contributed by atoms with E-state index in [4.69, 9.17) is 9.47 Å². The highest BCUT2D eigenvalue weighted by molar-refractivity contribution is 5.77. The molecular weight excluding hydrogens is 361 g/mol. The van der Waals surface area contributed by atoms with Crippen molar-refractivity contribution in [2.24, 2.45) is 0 Å². The van der Waals surface area contributed by atoms with Crippen LogP contribution in [0.1, 0.15) is 19.4 Å². The van der Waals surface area contributed by atoms with Gasteiger partial charge in [0, 0.05) is 25.9 Å². The Morgan fingerprint density at radius 3 is 2.37 bits per heavy atom. The number of halogens is 3. The standard InChI is InChI=1S/C19H21F3N2O3/c1-5-26-18(25)12(2)27-15-8-6-13(7-9-15)16-10-14(19(20,21)22)11-23-17(16)24(3)4/h6-12H,5H2,1-4H3/t12-/m1/s1. The molecule has 0 saturated heterocycles. The molecule has 5 nitrogen and oxygen atoms in total. The molecule has 1 aromatic carbocycles. The van der Waals surface area contributed by atoms with Gasteiger partial charge in [-0.3, -0.25) is 0 Å². The molecule has 0 radical (unpaired) electrons. The van der Waals surface area contributed by atoms with Crippen LogP contribution in [0.15, 0.2) is 36.5 Å². The van der Waals surface area contributed by atoms with Gasteiger partial charge in [-0.05, 0) is 37.6 Å². The molecule has 0 aliphatic carbocycles. The molecule has 0 amide bonds. The minimum Gasteiger partial charge on any atom is -0.479 e. The van der Waals surface area contributed by atoms with Crippen LogP contribution in [0.25, 0.3) is 11.1 Å². The van der Waals surface area contributed by atoms with E-state index in [2.05, 4.69) is 4.98 Å². The molecule has 0 fully saturated rings. The van der Waals surface area contributed by atoms with E-state index in [1.807, 2.05) is 0 Å². The third-order valence-corrected chi connectivity index (χ3v) is 3.71.